The Kier molecular flexibility index (Phi) is 7.02. The van der Waals surface area contributed by atoms with E-state index in [2.05, 4.69) is 10.1 Å². The predicted octanol–water partition coefficient (Wildman–Crippen LogP) is 2.30. The van der Waals surface area contributed by atoms with Gasteiger partial charge >= 0.3 is 6.61 Å². The van der Waals surface area contributed by atoms with Crippen molar-refractivity contribution in [2.75, 3.05) is 20.2 Å². The fraction of sp³-hybridized carbons (Fsp3) is 0.476. The average Bonchev–Trinajstić information content (AvgIpc) is 2.97. The highest BCUT2D eigenvalue weighted by atomic mass is 19.3. The molecule has 0 radical (unpaired) electrons. The minimum Gasteiger partial charge on any atom is -0.493 e. The van der Waals surface area contributed by atoms with Gasteiger partial charge in [0.25, 0.3) is 0 Å². The lowest BCUT2D eigenvalue weighted by atomic mass is 9.85. The van der Waals surface area contributed by atoms with Crippen molar-refractivity contribution in [1.29, 1.82) is 0 Å². The number of carbonyl (C=O) groups is 3. The molecule has 2 aliphatic rings. The van der Waals surface area contributed by atoms with Gasteiger partial charge in [0.05, 0.1) is 18.9 Å². The summed E-state index contributed by atoms with van der Waals surface area (Å²) in [7, 11) is 1.35. The van der Waals surface area contributed by atoms with Gasteiger partial charge in [-0.05, 0) is 37.0 Å². The number of carbonyl (C=O) groups excluding carboxylic acids is 3. The summed E-state index contributed by atoms with van der Waals surface area (Å²) in [5, 5.41) is 2.74. The summed E-state index contributed by atoms with van der Waals surface area (Å²) in [6.07, 6.45) is 5.47. The van der Waals surface area contributed by atoms with Crippen LogP contribution in [0.1, 0.15) is 24.8 Å². The molecule has 3 rings (SSSR count). The Hall–Kier alpha value is -2.97. The number of amides is 3. The maximum absolute atomic E-state index is 12.4. The van der Waals surface area contributed by atoms with E-state index in [1.165, 1.54) is 18.1 Å². The second kappa shape index (κ2) is 9.69. The van der Waals surface area contributed by atoms with Crippen molar-refractivity contribution in [2.24, 2.45) is 11.8 Å². The molecule has 0 spiro atoms. The van der Waals surface area contributed by atoms with E-state index in [0.29, 0.717) is 25.8 Å². The van der Waals surface area contributed by atoms with Gasteiger partial charge in [0.15, 0.2) is 11.5 Å². The second-order valence-corrected chi connectivity index (χ2v) is 7.20. The van der Waals surface area contributed by atoms with Crippen molar-refractivity contribution < 1.29 is 32.6 Å². The molecular weight excluding hydrogens is 398 g/mol. The molecule has 1 aromatic rings. The maximum Gasteiger partial charge on any atom is 0.387 e. The first-order valence-corrected chi connectivity index (χ1v) is 9.79. The number of nitrogens with zero attached hydrogens (tertiary/aromatic N) is 1. The number of likely N-dealkylation sites (tertiary alicyclic amines) is 1. The van der Waals surface area contributed by atoms with E-state index in [1.807, 2.05) is 12.2 Å². The third-order valence-electron chi connectivity index (χ3n) is 5.34. The maximum atomic E-state index is 12.4. The van der Waals surface area contributed by atoms with Gasteiger partial charge in [-0.2, -0.15) is 8.78 Å². The van der Waals surface area contributed by atoms with Crippen LogP contribution in [-0.2, 0) is 20.8 Å². The highest BCUT2D eigenvalue weighted by Gasteiger charge is 2.46. The lowest BCUT2D eigenvalue weighted by Gasteiger charge is -2.14. The van der Waals surface area contributed by atoms with Gasteiger partial charge in [-0.25, -0.2) is 0 Å². The molecule has 1 N–H and O–H groups in total. The molecule has 1 fully saturated rings. The Labute approximate surface area is 173 Å². The van der Waals surface area contributed by atoms with E-state index in [4.69, 9.17) is 4.74 Å². The minimum absolute atomic E-state index is 0.0365. The number of hydrogen-bond acceptors (Lipinski definition) is 5. The number of rotatable bonds is 9. The molecule has 0 aromatic heterocycles. The number of allylic oxidation sites excluding steroid dienone is 2. The van der Waals surface area contributed by atoms with Crippen molar-refractivity contribution in [3.8, 4) is 11.5 Å². The van der Waals surface area contributed by atoms with E-state index in [1.54, 1.807) is 12.1 Å². The number of benzene rings is 1. The Morgan fingerprint density at radius 2 is 1.83 bits per heavy atom. The first kappa shape index (κ1) is 21.7. The van der Waals surface area contributed by atoms with Gasteiger partial charge in [-0.15, -0.1) is 0 Å². The summed E-state index contributed by atoms with van der Waals surface area (Å²) in [5.41, 5.74) is 0.773. The van der Waals surface area contributed by atoms with Crippen LogP contribution < -0.4 is 14.8 Å². The Balaban J connectivity index is 1.44. The van der Waals surface area contributed by atoms with Gasteiger partial charge in [0.2, 0.25) is 17.7 Å². The zero-order valence-corrected chi connectivity index (χ0v) is 16.6. The molecule has 162 valence electrons. The standard InChI is InChI=1S/C21H24F2N2O5/c1-29-17-12-13(6-7-16(17)30-21(22)23)8-10-24-18(26)9-11-25-19(27)14-4-2-3-5-15(14)20(25)28/h2-3,6-7,12,14-15,21H,4-5,8-11H2,1H3,(H,24,26)/t14-,15-/m1/s1. The Morgan fingerprint density at radius 3 is 2.43 bits per heavy atom. The molecule has 9 heteroatoms. The number of imide groups is 1. The van der Waals surface area contributed by atoms with Crippen LogP contribution in [0.5, 0.6) is 11.5 Å². The van der Waals surface area contributed by atoms with E-state index in [9.17, 15) is 23.2 Å². The second-order valence-electron chi connectivity index (χ2n) is 7.20. The lowest BCUT2D eigenvalue weighted by molar-refractivity contribution is -0.140. The Morgan fingerprint density at radius 1 is 1.17 bits per heavy atom. The molecule has 3 amide bonds. The zero-order valence-electron chi connectivity index (χ0n) is 16.6. The zero-order chi connectivity index (χ0) is 21.7. The SMILES string of the molecule is COc1cc(CCNC(=O)CCN2C(=O)[C@@H]3CC=CC[C@H]3C2=O)ccc1OC(F)F. The summed E-state index contributed by atoms with van der Waals surface area (Å²) in [5.74, 6) is -1.12. The van der Waals surface area contributed by atoms with Gasteiger partial charge in [0.1, 0.15) is 0 Å². The van der Waals surface area contributed by atoms with Crippen LogP contribution in [0.15, 0.2) is 30.4 Å². The summed E-state index contributed by atoms with van der Waals surface area (Å²) < 4.78 is 34.2. The summed E-state index contributed by atoms with van der Waals surface area (Å²) in [6, 6.07) is 4.58. The number of alkyl halides is 2. The van der Waals surface area contributed by atoms with E-state index >= 15 is 0 Å². The smallest absolute Gasteiger partial charge is 0.387 e. The molecule has 1 heterocycles. The van der Waals surface area contributed by atoms with Crippen molar-refractivity contribution in [3.05, 3.63) is 35.9 Å². The van der Waals surface area contributed by atoms with E-state index in [0.717, 1.165) is 5.56 Å². The quantitative estimate of drug-likeness (QED) is 0.488. The van der Waals surface area contributed by atoms with E-state index in [-0.39, 0.29) is 54.0 Å². The molecule has 30 heavy (non-hydrogen) atoms. The predicted molar refractivity (Wildman–Crippen MR) is 103 cm³/mol. The monoisotopic (exact) mass is 422 g/mol. The van der Waals surface area contributed by atoms with Gasteiger partial charge in [0, 0.05) is 19.5 Å². The average molecular weight is 422 g/mol. The summed E-state index contributed by atoms with van der Waals surface area (Å²) >= 11 is 0. The molecule has 7 nitrogen and oxygen atoms in total. The number of methoxy groups -OCH3 is 1. The first-order chi connectivity index (χ1) is 14.4. The third-order valence-corrected chi connectivity index (χ3v) is 5.34. The van der Waals surface area contributed by atoms with Crippen LogP contribution in [0.25, 0.3) is 0 Å². The third kappa shape index (κ3) is 4.95. The summed E-state index contributed by atoms with van der Waals surface area (Å²) in [6.45, 7) is -2.56. The fourth-order valence-electron chi connectivity index (χ4n) is 3.80. The number of hydrogen-bond donors (Lipinski definition) is 1. The molecule has 1 aliphatic carbocycles. The molecule has 2 atom stereocenters. The number of fused-ring (bicyclic) bond motifs is 1. The Bertz CT molecular complexity index is 817. The molecule has 0 unspecified atom stereocenters. The van der Waals surface area contributed by atoms with Gasteiger partial charge < -0.3 is 14.8 Å². The number of halogens is 2. The van der Waals surface area contributed by atoms with Crippen LogP contribution >= 0.6 is 0 Å². The van der Waals surface area contributed by atoms with Crippen LogP contribution in [0.2, 0.25) is 0 Å². The van der Waals surface area contributed by atoms with Crippen molar-refractivity contribution in [1.82, 2.24) is 10.2 Å². The van der Waals surface area contributed by atoms with Crippen LogP contribution in [-0.4, -0.2) is 49.4 Å². The lowest BCUT2D eigenvalue weighted by Crippen LogP contribution is -2.35. The van der Waals surface area contributed by atoms with E-state index < -0.39 is 6.61 Å². The molecule has 1 aliphatic heterocycles. The van der Waals surface area contributed by atoms with Crippen molar-refractivity contribution in [2.45, 2.75) is 32.3 Å². The number of ether oxygens (including phenoxy) is 2. The van der Waals surface area contributed by atoms with Crippen LogP contribution in [0.4, 0.5) is 8.78 Å². The van der Waals surface area contributed by atoms with Crippen LogP contribution in [0.3, 0.4) is 0 Å². The van der Waals surface area contributed by atoms with Crippen LogP contribution in [0, 0.1) is 11.8 Å². The van der Waals surface area contributed by atoms with Gasteiger partial charge in [-0.3, -0.25) is 19.3 Å². The van der Waals surface area contributed by atoms with Crippen molar-refractivity contribution >= 4 is 17.7 Å². The summed E-state index contributed by atoms with van der Waals surface area (Å²) in [4.78, 5) is 38.1. The van der Waals surface area contributed by atoms with Crippen molar-refractivity contribution in [3.63, 3.8) is 0 Å². The molecule has 1 saturated heterocycles. The number of nitrogens with one attached hydrogen (secondary N) is 1. The fourth-order valence-corrected chi connectivity index (χ4v) is 3.80. The normalized spacial score (nSPS) is 20.5. The first-order valence-electron chi connectivity index (χ1n) is 9.79. The highest BCUT2D eigenvalue weighted by molar-refractivity contribution is 6.05. The largest absolute Gasteiger partial charge is 0.493 e. The topological polar surface area (TPSA) is 84.9 Å². The molecule has 0 saturated carbocycles. The molecule has 1 aromatic carbocycles. The minimum atomic E-state index is -2.95. The highest BCUT2D eigenvalue weighted by Crippen LogP contribution is 2.35. The van der Waals surface area contributed by atoms with Gasteiger partial charge in [-0.1, -0.05) is 18.2 Å². The molecular formula is C21H24F2N2O5. The molecule has 0 bridgehead atoms.